The van der Waals surface area contributed by atoms with E-state index >= 15 is 0 Å². The first-order chi connectivity index (χ1) is 9.29. The highest BCUT2D eigenvalue weighted by Crippen LogP contribution is 2.32. The number of amides is 1. The normalized spacial score (nSPS) is 15.8. The number of aromatic nitrogens is 3. The molecule has 0 radical (unpaired) electrons. The molecular weight excluding hydrogens is 260 g/mol. The van der Waals surface area contributed by atoms with E-state index in [1.54, 1.807) is 0 Å². The van der Waals surface area contributed by atoms with Gasteiger partial charge in [0.2, 0.25) is 11.1 Å². The van der Waals surface area contributed by atoms with E-state index in [2.05, 4.69) is 27.4 Å². The summed E-state index contributed by atoms with van der Waals surface area (Å²) >= 11 is 1.40. The van der Waals surface area contributed by atoms with E-state index in [0.717, 1.165) is 25.2 Å². The molecule has 1 aliphatic carbocycles. The Balaban J connectivity index is 1.72. The fourth-order valence-electron chi connectivity index (χ4n) is 2.29. The minimum atomic E-state index is 0.0608. The summed E-state index contributed by atoms with van der Waals surface area (Å²) < 4.78 is 0. The van der Waals surface area contributed by atoms with Crippen molar-refractivity contribution in [2.75, 3.05) is 12.3 Å². The molecule has 0 atom stereocenters. The van der Waals surface area contributed by atoms with E-state index in [1.165, 1.54) is 37.4 Å². The van der Waals surface area contributed by atoms with E-state index in [-0.39, 0.29) is 5.91 Å². The van der Waals surface area contributed by atoms with Gasteiger partial charge in [-0.15, -0.1) is 5.10 Å². The molecule has 106 valence electrons. The first-order valence-electron chi connectivity index (χ1n) is 7.11. The van der Waals surface area contributed by atoms with Gasteiger partial charge in [-0.2, -0.15) is 0 Å². The van der Waals surface area contributed by atoms with Crippen LogP contribution in [-0.4, -0.2) is 33.4 Å². The molecule has 2 N–H and O–H groups in total. The topological polar surface area (TPSA) is 70.7 Å². The van der Waals surface area contributed by atoms with Crippen molar-refractivity contribution in [3.63, 3.8) is 0 Å². The average molecular weight is 282 g/mol. The SMILES string of the molecule is CCCCNC(=O)CSc1n[nH]c(C2CCCC2)n1. The van der Waals surface area contributed by atoms with Crippen LogP contribution in [-0.2, 0) is 4.79 Å². The third-order valence-corrected chi connectivity index (χ3v) is 4.26. The molecule has 1 saturated carbocycles. The molecular formula is C13H22N4OS. The number of thioether (sulfide) groups is 1. The van der Waals surface area contributed by atoms with Crippen LogP contribution < -0.4 is 5.32 Å². The van der Waals surface area contributed by atoms with Gasteiger partial charge in [-0.3, -0.25) is 9.89 Å². The van der Waals surface area contributed by atoms with E-state index in [4.69, 9.17) is 0 Å². The van der Waals surface area contributed by atoms with E-state index in [0.29, 0.717) is 16.8 Å². The number of hydrogen-bond donors (Lipinski definition) is 2. The Morgan fingerprint density at radius 2 is 2.26 bits per heavy atom. The summed E-state index contributed by atoms with van der Waals surface area (Å²) in [4.78, 5) is 16.0. The standard InChI is InChI=1S/C13H22N4OS/c1-2-3-8-14-11(18)9-19-13-15-12(16-17-13)10-6-4-5-7-10/h10H,2-9H2,1H3,(H,14,18)(H,15,16,17). The predicted molar refractivity (Wildman–Crippen MR) is 76.2 cm³/mol. The quantitative estimate of drug-likeness (QED) is 0.595. The Kier molecular flexibility index (Phi) is 5.69. The molecule has 1 aromatic rings. The van der Waals surface area contributed by atoms with Crippen LogP contribution in [0, 0.1) is 0 Å². The number of aromatic amines is 1. The van der Waals surface area contributed by atoms with E-state index in [1.807, 2.05) is 0 Å². The van der Waals surface area contributed by atoms with Crippen molar-refractivity contribution in [1.29, 1.82) is 0 Å². The predicted octanol–water partition coefficient (Wildman–Crippen LogP) is 2.47. The lowest BCUT2D eigenvalue weighted by atomic mass is 10.1. The van der Waals surface area contributed by atoms with Crippen LogP contribution >= 0.6 is 11.8 Å². The Hall–Kier alpha value is -1.04. The summed E-state index contributed by atoms with van der Waals surface area (Å²) in [5.74, 6) is 1.99. The zero-order valence-corrected chi connectivity index (χ0v) is 12.3. The molecule has 0 bridgehead atoms. The van der Waals surface area contributed by atoms with Crippen LogP contribution in [0.25, 0.3) is 0 Å². The molecule has 1 amide bonds. The largest absolute Gasteiger partial charge is 0.355 e. The Bertz CT molecular complexity index is 401. The Labute approximate surface area is 118 Å². The maximum Gasteiger partial charge on any atom is 0.230 e. The maximum absolute atomic E-state index is 11.6. The van der Waals surface area contributed by atoms with Crippen LogP contribution in [0.3, 0.4) is 0 Å². The second-order valence-electron chi connectivity index (χ2n) is 4.98. The number of H-pyrrole nitrogens is 1. The molecule has 6 heteroatoms. The van der Waals surface area contributed by atoms with Gasteiger partial charge in [0, 0.05) is 12.5 Å². The molecule has 0 unspecified atom stereocenters. The van der Waals surface area contributed by atoms with Gasteiger partial charge in [0.25, 0.3) is 0 Å². The van der Waals surface area contributed by atoms with Crippen molar-refractivity contribution in [2.45, 2.75) is 56.5 Å². The van der Waals surface area contributed by atoms with Gasteiger partial charge in [0.15, 0.2) is 0 Å². The highest BCUT2D eigenvalue weighted by molar-refractivity contribution is 7.99. The van der Waals surface area contributed by atoms with Gasteiger partial charge in [-0.1, -0.05) is 37.9 Å². The summed E-state index contributed by atoms with van der Waals surface area (Å²) in [5, 5.41) is 10.8. The van der Waals surface area contributed by atoms with Gasteiger partial charge in [0.1, 0.15) is 5.82 Å². The van der Waals surface area contributed by atoms with Crippen molar-refractivity contribution in [2.24, 2.45) is 0 Å². The second-order valence-corrected chi connectivity index (χ2v) is 5.92. The molecule has 1 aromatic heterocycles. The summed E-state index contributed by atoms with van der Waals surface area (Å²) in [6, 6.07) is 0. The number of nitrogens with one attached hydrogen (secondary N) is 2. The molecule has 0 aromatic carbocycles. The van der Waals surface area contributed by atoms with Crippen LogP contribution in [0.2, 0.25) is 0 Å². The average Bonchev–Trinajstić information content (AvgIpc) is 3.07. The van der Waals surface area contributed by atoms with Crippen molar-refractivity contribution in [1.82, 2.24) is 20.5 Å². The van der Waals surface area contributed by atoms with Crippen LogP contribution in [0.4, 0.5) is 0 Å². The summed E-state index contributed by atoms with van der Waals surface area (Å²) in [7, 11) is 0. The smallest absolute Gasteiger partial charge is 0.230 e. The second kappa shape index (κ2) is 7.53. The van der Waals surface area contributed by atoms with Gasteiger partial charge >= 0.3 is 0 Å². The monoisotopic (exact) mass is 282 g/mol. The van der Waals surface area contributed by atoms with Gasteiger partial charge in [-0.25, -0.2) is 4.98 Å². The maximum atomic E-state index is 11.6. The van der Waals surface area contributed by atoms with Crippen molar-refractivity contribution in [3.8, 4) is 0 Å². The number of carbonyl (C=O) groups is 1. The van der Waals surface area contributed by atoms with E-state index in [9.17, 15) is 4.79 Å². The van der Waals surface area contributed by atoms with Gasteiger partial charge in [-0.05, 0) is 19.3 Å². The lowest BCUT2D eigenvalue weighted by molar-refractivity contribution is -0.118. The lowest BCUT2D eigenvalue weighted by Gasteiger charge is -2.02. The lowest BCUT2D eigenvalue weighted by Crippen LogP contribution is -2.26. The fourth-order valence-corrected chi connectivity index (χ4v) is 2.93. The minimum Gasteiger partial charge on any atom is -0.355 e. The zero-order chi connectivity index (χ0) is 13.5. The highest BCUT2D eigenvalue weighted by Gasteiger charge is 2.20. The van der Waals surface area contributed by atoms with Gasteiger partial charge in [0.05, 0.1) is 5.75 Å². The first kappa shape index (κ1) is 14.4. The number of carbonyl (C=O) groups excluding carboxylic acids is 1. The molecule has 0 spiro atoms. The zero-order valence-electron chi connectivity index (χ0n) is 11.4. The number of rotatable bonds is 7. The van der Waals surface area contributed by atoms with Crippen LogP contribution in [0.1, 0.15) is 57.2 Å². The number of nitrogens with zero attached hydrogens (tertiary/aromatic N) is 2. The molecule has 1 aliphatic rings. The molecule has 2 rings (SSSR count). The summed E-state index contributed by atoms with van der Waals surface area (Å²) in [6.07, 6.45) is 7.11. The third-order valence-electron chi connectivity index (χ3n) is 3.41. The molecule has 5 nitrogen and oxygen atoms in total. The Morgan fingerprint density at radius 3 is 3.00 bits per heavy atom. The molecule has 0 aliphatic heterocycles. The molecule has 19 heavy (non-hydrogen) atoms. The third kappa shape index (κ3) is 4.53. The summed E-state index contributed by atoms with van der Waals surface area (Å²) in [6.45, 7) is 2.87. The minimum absolute atomic E-state index is 0.0608. The van der Waals surface area contributed by atoms with Gasteiger partial charge < -0.3 is 5.32 Å². The van der Waals surface area contributed by atoms with Crippen molar-refractivity contribution in [3.05, 3.63) is 5.82 Å². The first-order valence-corrected chi connectivity index (χ1v) is 8.10. The van der Waals surface area contributed by atoms with Crippen molar-refractivity contribution < 1.29 is 4.79 Å². The van der Waals surface area contributed by atoms with E-state index < -0.39 is 0 Å². The molecule has 1 fully saturated rings. The fraction of sp³-hybridized carbons (Fsp3) is 0.769. The van der Waals surface area contributed by atoms with Crippen LogP contribution in [0.5, 0.6) is 0 Å². The van der Waals surface area contributed by atoms with Crippen LogP contribution in [0.15, 0.2) is 5.16 Å². The summed E-state index contributed by atoms with van der Waals surface area (Å²) in [5.41, 5.74) is 0. The molecule has 0 saturated heterocycles. The highest BCUT2D eigenvalue weighted by atomic mass is 32.2. The number of unbranched alkanes of at least 4 members (excludes halogenated alkanes) is 1. The number of hydrogen-bond acceptors (Lipinski definition) is 4. The van der Waals surface area contributed by atoms with Crippen molar-refractivity contribution >= 4 is 17.7 Å². The Morgan fingerprint density at radius 1 is 1.47 bits per heavy atom. The molecule has 1 heterocycles.